The molecule has 0 bridgehead atoms. The molecule has 0 amide bonds. The van der Waals surface area contributed by atoms with Crippen LogP contribution in [0, 0.1) is 0 Å². The van der Waals surface area contributed by atoms with Crippen molar-refractivity contribution in [2.45, 2.75) is 18.9 Å². The summed E-state index contributed by atoms with van der Waals surface area (Å²) < 4.78 is 5.25. The largest absolute Gasteiger partial charge is 0.496 e. The molecule has 2 nitrogen and oxygen atoms in total. The maximum Gasteiger partial charge on any atom is 0.122 e. The van der Waals surface area contributed by atoms with E-state index in [1.165, 1.54) is 11.1 Å². The first-order valence-electron chi connectivity index (χ1n) is 4.24. The Kier molecular flexibility index (Phi) is 1.77. The van der Waals surface area contributed by atoms with E-state index in [2.05, 4.69) is 6.07 Å². The van der Waals surface area contributed by atoms with E-state index < -0.39 is 0 Å². The Morgan fingerprint density at radius 2 is 2.33 bits per heavy atom. The molecule has 1 aromatic rings. The van der Waals surface area contributed by atoms with Gasteiger partial charge < -0.3 is 10.5 Å². The van der Waals surface area contributed by atoms with Gasteiger partial charge >= 0.3 is 0 Å². The molecule has 0 aliphatic heterocycles. The minimum Gasteiger partial charge on any atom is -0.496 e. The predicted octanol–water partition coefficient (Wildman–Crippen LogP) is 1.64. The summed E-state index contributed by atoms with van der Waals surface area (Å²) in [6.07, 6.45) is 2.11. The lowest BCUT2D eigenvalue weighted by molar-refractivity contribution is 0.410. The molecular weight excluding hydrogens is 150 g/mol. The number of fused-ring (bicyclic) bond motifs is 1. The van der Waals surface area contributed by atoms with Gasteiger partial charge in [-0.3, -0.25) is 0 Å². The number of hydrogen-bond acceptors (Lipinski definition) is 2. The minimum absolute atomic E-state index is 0.218. The summed E-state index contributed by atoms with van der Waals surface area (Å²) in [7, 11) is 1.71. The minimum atomic E-state index is 0.218. The first kappa shape index (κ1) is 7.62. The third-order valence-electron chi connectivity index (χ3n) is 2.49. The van der Waals surface area contributed by atoms with Gasteiger partial charge in [0.25, 0.3) is 0 Å². The molecule has 2 N–H and O–H groups in total. The Labute approximate surface area is 72.3 Å². The van der Waals surface area contributed by atoms with Crippen LogP contribution in [0.5, 0.6) is 5.75 Å². The van der Waals surface area contributed by atoms with Crippen LogP contribution in [0.4, 0.5) is 0 Å². The van der Waals surface area contributed by atoms with Crippen molar-refractivity contribution in [1.82, 2.24) is 0 Å². The molecule has 1 atom stereocenters. The van der Waals surface area contributed by atoms with Gasteiger partial charge in [0.05, 0.1) is 7.11 Å². The third-order valence-corrected chi connectivity index (χ3v) is 2.49. The number of ether oxygens (including phenoxy) is 1. The van der Waals surface area contributed by atoms with E-state index >= 15 is 0 Å². The fourth-order valence-electron chi connectivity index (χ4n) is 1.84. The lowest BCUT2D eigenvalue weighted by atomic mass is 10.1. The molecule has 0 unspecified atom stereocenters. The molecule has 0 fully saturated rings. The van der Waals surface area contributed by atoms with Gasteiger partial charge in [-0.2, -0.15) is 0 Å². The summed E-state index contributed by atoms with van der Waals surface area (Å²) in [5, 5.41) is 0. The summed E-state index contributed by atoms with van der Waals surface area (Å²) in [4.78, 5) is 0. The van der Waals surface area contributed by atoms with Crippen molar-refractivity contribution in [3.05, 3.63) is 29.3 Å². The fourth-order valence-corrected chi connectivity index (χ4v) is 1.84. The third kappa shape index (κ3) is 0.994. The fraction of sp³-hybridized carbons (Fsp3) is 0.400. The summed E-state index contributed by atoms with van der Waals surface area (Å²) in [6, 6.07) is 6.31. The lowest BCUT2D eigenvalue weighted by Gasteiger charge is -2.07. The summed E-state index contributed by atoms with van der Waals surface area (Å²) in [5.74, 6) is 0.987. The van der Waals surface area contributed by atoms with E-state index in [1.807, 2.05) is 12.1 Å². The van der Waals surface area contributed by atoms with Gasteiger partial charge in [0.2, 0.25) is 0 Å². The Morgan fingerprint density at radius 3 is 3.08 bits per heavy atom. The molecule has 0 radical (unpaired) electrons. The average Bonchev–Trinajstić information content (AvgIpc) is 2.48. The highest BCUT2D eigenvalue weighted by atomic mass is 16.5. The average molecular weight is 163 g/mol. The van der Waals surface area contributed by atoms with Crippen LogP contribution in [-0.4, -0.2) is 7.11 Å². The number of rotatable bonds is 1. The second-order valence-corrected chi connectivity index (χ2v) is 3.17. The second-order valence-electron chi connectivity index (χ2n) is 3.17. The van der Waals surface area contributed by atoms with Crippen molar-refractivity contribution in [2.24, 2.45) is 5.73 Å². The maximum atomic E-state index is 5.91. The molecule has 2 rings (SSSR count). The highest BCUT2D eigenvalue weighted by molar-refractivity contribution is 5.44. The van der Waals surface area contributed by atoms with Crippen molar-refractivity contribution in [2.75, 3.05) is 7.11 Å². The Hall–Kier alpha value is -1.02. The molecule has 2 heteroatoms. The maximum absolute atomic E-state index is 5.91. The van der Waals surface area contributed by atoms with Gasteiger partial charge in [-0.15, -0.1) is 0 Å². The number of methoxy groups -OCH3 is 1. The highest BCUT2D eigenvalue weighted by Gasteiger charge is 2.21. The predicted molar refractivity (Wildman–Crippen MR) is 48.2 cm³/mol. The second kappa shape index (κ2) is 2.79. The molecule has 1 aliphatic rings. The molecule has 1 aromatic carbocycles. The number of nitrogens with two attached hydrogens (primary N) is 1. The Bertz CT molecular complexity index is 296. The molecular formula is C10H13NO. The lowest BCUT2D eigenvalue weighted by Crippen LogP contribution is -2.04. The smallest absolute Gasteiger partial charge is 0.122 e. The monoisotopic (exact) mass is 163 g/mol. The van der Waals surface area contributed by atoms with E-state index in [0.717, 1.165) is 18.6 Å². The van der Waals surface area contributed by atoms with Crippen molar-refractivity contribution >= 4 is 0 Å². The van der Waals surface area contributed by atoms with E-state index in [1.54, 1.807) is 7.11 Å². The molecule has 0 aromatic heterocycles. The molecule has 0 spiro atoms. The Balaban J connectivity index is 2.50. The van der Waals surface area contributed by atoms with Crippen molar-refractivity contribution in [3.8, 4) is 5.75 Å². The van der Waals surface area contributed by atoms with E-state index in [0.29, 0.717) is 0 Å². The van der Waals surface area contributed by atoms with Crippen LogP contribution in [0.2, 0.25) is 0 Å². The van der Waals surface area contributed by atoms with Crippen LogP contribution < -0.4 is 10.5 Å². The SMILES string of the molecule is COc1cccc2c1CC[C@@H]2N. The van der Waals surface area contributed by atoms with Crippen LogP contribution >= 0.6 is 0 Å². The van der Waals surface area contributed by atoms with Crippen LogP contribution in [0.25, 0.3) is 0 Å². The molecule has 12 heavy (non-hydrogen) atoms. The van der Waals surface area contributed by atoms with E-state index in [4.69, 9.17) is 10.5 Å². The molecule has 0 saturated carbocycles. The summed E-state index contributed by atoms with van der Waals surface area (Å²) in [5.41, 5.74) is 8.47. The van der Waals surface area contributed by atoms with E-state index in [9.17, 15) is 0 Å². The topological polar surface area (TPSA) is 35.2 Å². The van der Waals surface area contributed by atoms with Gasteiger partial charge in [-0.1, -0.05) is 12.1 Å². The van der Waals surface area contributed by atoms with Crippen molar-refractivity contribution in [1.29, 1.82) is 0 Å². The highest BCUT2D eigenvalue weighted by Crippen LogP contribution is 2.34. The van der Waals surface area contributed by atoms with Crippen LogP contribution in [0.1, 0.15) is 23.6 Å². The van der Waals surface area contributed by atoms with Crippen LogP contribution in [-0.2, 0) is 6.42 Å². The van der Waals surface area contributed by atoms with Crippen molar-refractivity contribution < 1.29 is 4.74 Å². The molecule has 0 saturated heterocycles. The number of hydrogen-bond donors (Lipinski definition) is 1. The van der Waals surface area contributed by atoms with Crippen LogP contribution in [0.15, 0.2) is 18.2 Å². The normalized spacial score (nSPS) is 20.7. The first-order chi connectivity index (χ1) is 5.83. The summed E-state index contributed by atoms with van der Waals surface area (Å²) >= 11 is 0. The first-order valence-corrected chi connectivity index (χ1v) is 4.24. The zero-order valence-corrected chi connectivity index (χ0v) is 7.21. The standard InChI is InChI=1S/C10H13NO/c1-12-10-4-2-3-7-8(10)5-6-9(7)11/h2-4,9H,5-6,11H2,1H3/t9-/m0/s1. The zero-order chi connectivity index (χ0) is 8.55. The quantitative estimate of drug-likeness (QED) is 0.683. The molecule has 0 heterocycles. The van der Waals surface area contributed by atoms with E-state index in [-0.39, 0.29) is 6.04 Å². The van der Waals surface area contributed by atoms with Gasteiger partial charge in [0, 0.05) is 6.04 Å². The summed E-state index contributed by atoms with van der Waals surface area (Å²) in [6.45, 7) is 0. The number of benzene rings is 1. The van der Waals surface area contributed by atoms with Gasteiger partial charge in [-0.25, -0.2) is 0 Å². The van der Waals surface area contributed by atoms with Crippen LogP contribution in [0.3, 0.4) is 0 Å². The van der Waals surface area contributed by atoms with Crippen molar-refractivity contribution in [3.63, 3.8) is 0 Å². The molecule has 1 aliphatic carbocycles. The zero-order valence-electron chi connectivity index (χ0n) is 7.21. The van der Waals surface area contributed by atoms with Gasteiger partial charge in [-0.05, 0) is 30.0 Å². The van der Waals surface area contributed by atoms with Gasteiger partial charge in [0.15, 0.2) is 0 Å². The van der Waals surface area contributed by atoms with Gasteiger partial charge in [0.1, 0.15) is 5.75 Å². The Morgan fingerprint density at radius 1 is 1.50 bits per heavy atom. The molecule has 64 valence electrons.